The van der Waals surface area contributed by atoms with Crippen LogP contribution in [0.1, 0.15) is 45.6 Å². The average Bonchev–Trinajstić information content (AvgIpc) is 2.95. The molecule has 1 heterocycles. The molecule has 0 aliphatic carbocycles. The van der Waals surface area contributed by atoms with Crippen LogP contribution in [0.15, 0.2) is 24.3 Å². The molecule has 1 aromatic heterocycles. The van der Waals surface area contributed by atoms with Gasteiger partial charge >= 0.3 is 0 Å². The van der Waals surface area contributed by atoms with Crippen molar-refractivity contribution >= 4 is 5.91 Å². The lowest BCUT2D eigenvalue weighted by molar-refractivity contribution is -0.122. The Hall–Kier alpha value is -2.24. The lowest BCUT2D eigenvalue weighted by Gasteiger charge is -2.14. The van der Waals surface area contributed by atoms with Crippen molar-refractivity contribution in [3.8, 4) is 11.4 Å². The molecule has 1 atom stereocenters. The van der Waals surface area contributed by atoms with Crippen LogP contribution in [0.3, 0.4) is 0 Å². The van der Waals surface area contributed by atoms with Crippen molar-refractivity contribution in [2.24, 2.45) is 5.92 Å². The fraction of sp³-hybridized carbons (Fsp3) is 0.556. The first kappa shape index (κ1) is 18.1. The summed E-state index contributed by atoms with van der Waals surface area (Å²) < 4.78 is 0. The number of carbonyl (C=O) groups excluding carboxylic acids is 1. The largest absolute Gasteiger partial charge is 0.352 e. The van der Waals surface area contributed by atoms with Gasteiger partial charge in [0.15, 0.2) is 0 Å². The summed E-state index contributed by atoms with van der Waals surface area (Å²) in [5.74, 6) is 1.17. The predicted molar refractivity (Wildman–Crippen MR) is 94.3 cm³/mol. The topological polar surface area (TPSA) is 72.7 Å². The summed E-state index contributed by atoms with van der Waals surface area (Å²) in [6.07, 6.45) is 3.30. The number of carbonyl (C=O) groups is 1. The molecule has 6 heteroatoms. The highest BCUT2D eigenvalue weighted by atomic mass is 16.2. The van der Waals surface area contributed by atoms with Crippen LogP contribution in [0.5, 0.6) is 0 Å². The van der Waals surface area contributed by atoms with Gasteiger partial charge in [0.1, 0.15) is 6.54 Å². The Labute approximate surface area is 143 Å². The second-order valence-corrected chi connectivity index (χ2v) is 6.75. The van der Waals surface area contributed by atoms with Crippen LogP contribution in [-0.4, -0.2) is 32.2 Å². The van der Waals surface area contributed by atoms with Crippen LogP contribution < -0.4 is 5.32 Å². The minimum atomic E-state index is -0.0826. The number of benzene rings is 1. The Balaban J connectivity index is 1.86. The molecular weight excluding hydrogens is 302 g/mol. The van der Waals surface area contributed by atoms with E-state index in [-0.39, 0.29) is 18.5 Å². The van der Waals surface area contributed by atoms with Gasteiger partial charge in [0.25, 0.3) is 0 Å². The van der Waals surface area contributed by atoms with E-state index in [1.165, 1.54) is 11.2 Å². The summed E-state index contributed by atoms with van der Waals surface area (Å²) >= 11 is 0. The molecule has 0 aliphatic rings. The highest BCUT2D eigenvalue weighted by Crippen LogP contribution is 2.17. The summed E-state index contributed by atoms with van der Waals surface area (Å²) in [4.78, 5) is 13.4. The standard InChI is InChI=1S/C18H27N5O/c1-13(2)8-7-10-15(4)19-17(24)12-23-21-18(20-22-23)16-11-6-5-9-14(16)3/h5-6,9,11,13,15H,7-8,10,12H2,1-4H3,(H,19,24)/t15-/m1/s1. The van der Waals surface area contributed by atoms with E-state index in [0.717, 1.165) is 24.0 Å². The summed E-state index contributed by atoms with van der Waals surface area (Å²) in [7, 11) is 0. The van der Waals surface area contributed by atoms with Gasteiger partial charge in [0, 0.05) is 11.6 Å². The van der Waals surface area contributed by atoms with Crippen LogP contribution in [0.25, 0.3) is 11.4 Å². The maximum Gasteiger partial charge on any atom is 0.243 e. The number of nitrogens with one attached hydrogen (secondary N) is 1. The van der Waals surface area contributed by atoms with Gasteiger partial charge in [-0.2, -0.15) is 4.80 Å². The molecule has 0 saturated heterocycles. The van der Waals surface area contributed by atoms with Gasteiger partial charge in [-0.1, -0.05) is 51.0 Å². The van der Waals surface area contributed by atoms with Gasteiger partial charge in [-0.3, -0.25) is 4.79 Å². The van der Waals surface area contributed by atoms with Crippen LogP contribution in [0.2, 0.25) is 0 Å². The molecular formula is C18H27N5O. The molecule has 1 amide bonds. The van der Waals surface area contributed by atoms with Crippen LogP contribution in [0.4, 0.5) is 0 Å². The number of aromatic nitrogens is 4. The van der Waals surface area contributed by atoms with E-state index in [1.54, 1.807) is 0 Å². The molecule has 24 heavy (non-hydrogen) atoms. The zero-order valence-electron chi connectivity index (χ0n) is 15.0. The molecule has 0 radical (unpaired) electrons. The Kier molecular flexibility index (Phi) is 6.46. The highest BCUT2D eigenvalue weighted by molar-refractivity contribution is 5.75. The third-order valence-electron chi connectivity index (χ3n) is 3.95. The van der Waals surface area contributed by atoms with Crippen molar-refractivity contribution < 1.29 is 4.79 Å². The van der Waals surface area contributed by atoms with Gasteiger partial charge in [-0.25, -0.2) is 0 Å². The Morgan fingerprint density at radius 2 is 1.96 bits per heavy atom. The van der Waals surface area contributed by atoms with Crippen molar-refractivity contribution in [3.63, 3.8) is 0 Å². The monoisotopic (exact) mass is 329 g/mol. The third-order valence-corrected chi connectivity index (χ3v) is 3.95. The quantitative estimate of drug-likeness (QED) is 0.808. The zero-order valence-corrected chi connectivity index (χ0v) is 15.0. The van der Waals surface area contributed by atoms with Crippen molar-refractivity contribution in [2.75, 3.05) is 0 Å². The van der Waals surface area contributed by atoms with Gasteiger partial charge in [0.05, 0.1) is 0 Å². The number of hydrogen-bond donors (Lipinski definition) is 1. The van der Waals surface area contributed by atoms with E-state index >= 15 is 0 Å². The summed E-state index contributed by atoms with van der Waals surface area (Å²) in [6.45, 7) is 8.55. The van der Waals surface area contributed by atoms with E-state index in [0.29, 0.717) is 11.7 Å². The van der Waals surface area contributed by atoms with Crippen molar-refractivity contribution in [2.45, 2.75) is 59.5 Å². The number of nitrogens with zero attached hydrogens (tertiary/aromatic N) is 4. The van der Waals surface area contributed by atoms with E-state index in [2.05, 4.69) is 34.6 Å². The van der Waals surface area contributed by atoms with Crippen molar-refractivity contribution in [1.29, 1.82) is 0 Å². The fourth-order valence-electron chi connectivity index (χ4n) is 2.60. The molecule has 1 aromatic carbocycles. The molecule has 1 N–H and O–H groups in total. The van der Waals surface area contributed by atoms with Crippen LogP contribution in [-0.2, 0) is 11.3 Å². The van der Waals surface area contributed by atoms with E-state index in [4.69, 9.17) is 0 Å². The molecule has 0 unspecified atom stereocenters. The molecule has 2 rings (SSSR count). The zero-order chi connectivity index (χ0) is 17.5. The summed E-state index contributed by atoms with van der Waals surface area (Å²) in [5, 5.41) is 15.3. The lowest BCUT2D eigenvalue weighted by Crippen LogP contribution is -2.35. The highest BCUT2D eigenvalue weighted by Gasteiger charge is 2.12. The van der Waals surface area contributed by atoms with E-state index in [1.807, 2.05) is 38.1 Å². The van der Waals surface area contributed by atoms with Gasteiger partial charge < -0.3 is 5.32 Å². The average molecular weight is 329 g/mol. The van der Waals surface area contributed by atoms with Crippen LogP contribution >= 0.6 is 0 Å². The SMILES string of the molecule is Cc1ccccc1-c1nnn(CC(=O)N[C@H](C)CCCC(C)C)n1. The minimum absolute atomic E-state index is 0.0826. The summed E-state index contributed by atoms with van der Waals surface area (Å²) in [5.41, 5.74) is 2.02. The first-order valence-electron chi connectivity index (χ1n) is 8.59. The number of rotatable bonds is 8. The molecule has 2 aromatic rings. The Morgan fingerprint density at radius 3 is 2.67 bits per heavy atom. The summed E-state index contributed by atoms with van der Waals surface area (Å²) in [6, 6.07) is 8.02. The Morgan fingerprint density at radius 1 is 1.21 bits per heavy atom. The number of amides is 1. The number of tetrazole rings is 1. The number of aryl methyl sites for hydroxylation is 1. The van der Waals surface area contributed by atoms with E-state index < -0.39 is 0 Å². The maximum absolute atomic E-state index is 12.1. The number of hydrogen-bond acceptors (Lipinski definition) is 4. The first-order chi connectivity index (χ1) is 11.5. The molecule has 0 bridgehead atoms. The van der Waals surface area contributed by atoms with Gasteiger partial charge in [0.2, 0.25) is 11.7 Å². The second kappa shape index (κ2) is 8.57. The first-order valence-corrected chi connectivity index (χ1v) is 8.59. The normalized spacial score (nSPS) is 12.4. The van der Waals surface area contributed by atoms with Crippen molar-refractivity contribution in [1.82, 2.24) is 25.5 Å². The second-order valence-electron chi connectivity index (χ2n) is 6.75. The van der Waals surface area contributed by atoms with E-state index in [9.17, 15) is 4.79 Å². The smallest absolute Gasteiger partial charge is 0.243 e. The molecule has 130 valence electrons. The molecule has 0 spiro atoms. The lowest BCUT2D eigenvalue weighted by atomic mass is 10.0. The molecule has 0 fully saturated rings. The van der Waals surface area contributed by atoms with Crippen LogP contribution in [0, 0.1) is 12.8 Å². The Bertz CT molecular complexity index is 665. The molecule has 0 saturated carbocycles. The molecule has 0 aliphatic heterocycles. The van der Waals surface area contributed by atoms with Gasteiger partial charge in [-0.15, -0.1) is 10.2 Å². The third kappa shape index (κ3) is 5.44. The van der Waals surface area contributed by atoms with Crippen molar-refractivity contribution in [3.05, 3.63) is 29.8 Å². The molecule has 6 nitrogen and oxygen atoms in total. The maximum atomic E-state index is 12.1. The predicted octanol–water partition coefficient (Wildman–Crippen LogP) is 2.98. The minimum Gasteiger partial charge on any atom is -0.352 e. The fourth-order valence-corrected chi connectivity index (χ4v) is 2.60. The van der Waals surface area contributed by atoms with Gasteiger partial charge in [-0.05, 0) is 37.0 Å².